The Morgan fingerprint density at radius 2 is 0.795 bits per heavy atom. The van der Waals surface area contributed by atoms with Crippen molar-refractivity contribution in [2.75, 3.05) is 120 Å². The molecule has 83 heavy (non-hydrogen) atoms. The third kappa shape index (κ3) is 16.1. The van der Waals surface area contributed by atoms with Crippen molar-refractivity contribution in [3.63, 3.8) is 0 Å². The van der Waals surface area contributed by atoms with Crippen LogP contribution in [-0.4, -0.2) is 185 Å². The second kappa shape index (κ2) is 31.0. The number of aliphatic imine (C=N–C) groups is 2. The Balaban J connectivity index is 0.634. The molecule has 6 heterocycles. The van der Waals surface area contributed by atoms with E-state index in [1.165, 1.54) is 36.9 Å². The number of methoxy groups -OCH3 is 2. The van der Waals surface area contributed by atoms with E-state index < -0.39 is 24.0 Å². The first-order chi connectivity index (χ1) is 40.3. The zero-order valence-electron chi connectivity index (χ0n) is 47.0. The van der Waals surface area contributed by atoms with Gasteiger partial charge in [0, 0.05) is 45.4 Å². The molecule has 0 bridgehead atoms. The number of amides is 2. The van der Waals surface area contributed by atoms with Crippen LogP contribution in [0.5, 0.6) is 0 Å². The summed E-state index contributed by atoms with van der Waals surface area (Å²) < 4.78 is 53.1. The zero-order valence-corrected chi connectivity index (χ0v) is 50.1. The highest BCUT2D eigenvalue weighted by Gasteiger charge is 2.36. The summed E-state index contributed by atoms with van der Waals surface area (Å²) in [6.45, 7) is 13.2. The van der Waals surface area contributed by atoms with Gasteiger partial charge in [0.2, 0.25) is 0 Å². The topological polar surface area (TPSA) is 262 Å². The Morgan fingerprint density at radius 3 is 1.11 bits per heavy atom. The summed E-state index contributed by atoms with van der Waals surface area (Å²) in [4.78, 5) is 63.2. The predicted octanol–water partition coefficient (Wildman–Crippen LogP) is 6.70. The molecular formula is C56H66Cl2N10O13S2. The van der Waals surface area contributed by atoms with Gasteiger partial charge in [-0.1, -0.05) is 47.5 Å². The minimum absolute atomic E-state index is 0.0387. The summed E-state index contributed by atoms with van der Waals surface area (Å²) in [5.41, 5.74) is 5.71. The molecular weight excluding hydrogens is 1160 g/mol. The van der Waals surface area contributed by atoms with Crippen molar-refractivity contribution in [1.82, 2.24) is 40.2 Å². The molecule has 2 N–H and O–H groups in total. The molecule has 0 fully saturated rings. The lowest BCUT2D eigenvalue weighted by Crippen LogP contribution is -2.27. The minimum atomic E-state index is -0.672. The van der Waals surface area contributed by atoms with Crippen molar-refractivity contribution in [3.05, 3.63) is 125 Å². The van der Waals surface area contributed by atoms with Crippen molar-refractivity contribution in [3.8, 4) is 10.0 Å². The molecule has 2 unspecified atom stereocenters. The van der Waals surface area contributed by atoms with Crippen molar-refractivity contribution >= 4 is 81.1 Å². The number of nitrogens with one attached hydrogen (secondary N) is 2. The van der Waals surface area contributed by atoms with Crippen LogP contribution in [0.15, 0.2) is 58.5 Å². The number of carbonyl (C=O) groups is 4. The number of halogens is 2. The van der Waals surface area contributed by atoms with Gasteiger partial charge in [0.1, 0.15) is 33.7 Å². The van der Waals surface area contributed by atoms with Gasteiger partial charge in [-0.2, -0.15) is 0 Å². The van der Waals surface area contributed by atoms with Crippen LogP contribution in [0.2, 0.25) is 10.0 Å². The second-order valence-electron chi connectivity index (χ2n) is 18.7. The van der Waals surface area contributed by atoms with E-state index in [1.54, 1.807) is 24.3 Å². The SMILES string of the molecule is COC(=O)CC1N=C(c2ccc(Cl)cc2)c2c(sc(C(=O)NCCOCCOCCOCCOCCOCCOCCOCCNC(=O)c3sc4c(c3C)C(c3ccc(Cl)cc3)=NC(CC(=O)OC)c3nnc(C)n3-4)c2C)-n2c(C)nnc21. The summed E-state index contributed by atoms with van der Waals surface area (Å²) in [6, 6.07) is 13.2. The molecule has 2 atom stereocenters. The Morgan fingerprint density at radius 1 is 0.482 bits per heavy atom. The van der Waals surface area contributed by atoms with E-state index in [-0.39, 0.29) is 51.0 Å². The Kier molecular flexibility index (Phi) is 23.4. The summed E-state index contributed by atoms with van der Waals surface area (Å²) in [6.07, 6.45) is -0.0774. The largest absolute Gasteiger partial charge is 0.469 e. The number of hydrogen-bond acceptors (Lipinski definition) is 21. The van der Waals surface area contributed by atoms with Crippen molar-refractivity contribution in [2.45, 2.75) is 52.6 Å². The van der Waals surface area contributed by atoms with Crippen LogP contribution in [0.3, 0.4) is 0 Å². The van der Waals surface area contributed by atoms with Gasteiger partial charge in [-0.05, 0) is 63.1 Å². The molecule has 444 valence electrons. The number of carbonyl (C=O) groups excluding carboxylic acids is 4. The lowest BCUT2D eigenvalue weighted by atomic mass is 9.99. The fourth-order valence-electron chi connectivity index (χ4n) is 9.01. The van der Waals surface area contributed by atoms with E-state index in [0.717, 1.165) is 43.4 Å². The fraction of sp³-hybridized carbons (Fsp3) is 0.464. The number of rotatable bonds is 32. The van der Waals surface area contributed by atoms with Gasteiger partial charge in [0.25, 0.3) is 11.8 Å². The van der Waals surface area contributed by atoms with E-state index in [4.69, 9.17) is 75.8 Å². The van der Waals surface area contributed by atoms with E-state index in [2.05, 4.69) is 31.0 Å². The Bertz CT molecular complexity index is 3040. The molecule has 23 nitrogen and oxygen atoms in total. The highest BCUT2D eigenvalue weighted by atomic mass is 35.5. The number of ether oxygens (including phenoxy) is 9. The molecule has 2 amide bonds. The number of esters is 2. The number of nitrogens with zero attached hydrogens (tertiary/aromatic N) is 8. The minimum Gasteiger partial charge on any atom is -0.469 e. The van der Waals surface area contributed by atoms with E-state index >= 15 is 0 Å². The maximum Gasteiger partial charge on any atom is 0.308 e. The lowest BCUT2D eigenvalue weighted by Gasteiger charge is -2.12. The van der Waals surface area contributed by atoms with Crippen LogP contribution in [0.1, 0.15) is 101 Å². The quantitative estimate of drug-likeness (QED) is 0.0329. The van der Waals surface area contributed by atoms with Crippen LogP contribution in [0.4, 0.5) is 0 Å². The van der Waals surface area contributed by atoms with Gasteiger partial charge >= 0.3 is 11.9 Å². The monoisotopic (exact) mass is 1220 g/mol. The molecule has 0 saturated carbocycles. The number of aromatic nitrogens is 6. The predicted molar refractivity (Wildman–Crippen MR) is 311 cm³/mol. The first-order valence-corrected chi connectivity index (χ1v) is 29.2. The third-order valence-corrected chi connectivity index (χ3v) is 16.2. The lowest BCUT2D eigenvalue weighted by molar-refractivity contribution is -0.142. The average molecular weight is 1220 g/mol. The standard InChI is InChI=1S/C56H66Cl2N10O13S2/c1-33-45-47(37-7-11-39(57)12-8-37)61-41(31-43(69)73-5)51-65-63-35(3)67(51)55(45)82-49(33)53(71)59-15-17-75-19-21-77-23-25-79-27-29-81-30-28-80-26-24-78-22-20-76-18-16-60-54(72)50-34(2)46-48(38-9-13-40(58)14-10-38)62-42(32-44(70)74-6)52-66-64-36(4)68(52)56(46)83-50/h7-14,41-42H,15-32H2,1-6H3,(H,59,71)(H,60,72). The van der Waals surface area contributed by atoms with Gasteiger partial charge in [0.15, 0.2) is 11.6 Å². The van der Waals surface area contributed by atoms with E-state index in [0.29, 0.717) is 134 Å². The normalized spacial score (nSPS) is 14.4. The van der Waals surface area contributed by atoms with Crippen molar-refractivity contribution in [2.24, 2.45) is 9.98 Å². The molecule has 0 saturated heterocycles. The van der Waals surface area contributed by atoms with Crippen LogP contribution in [-0.2, 0) is 52.2 Å². The van der Waals surface area contributed by atoms with Crippen LogP contribution in [0, 0.1) is 27.7 Å². The summed E-state index contributed by atoms with van der Waals surface area (Å²) in [7, 11) is 2.66. The molecule has 8 rings (SSSR count). The molecule has 6 aromatic rings. The number of benzene rings is 2. The van der Waals surface area contributed by atoms with Gasteiger partial charge in [-0.15, -0.1) is 43.1 Å². The van der Waals surface area contributed by atoms with Gasteiger partial charge < -0.3 is 53.3 Å². The number of fused-ring (bicyclic) bond motifs is 6. The first kappa shape index (κ1) is 62.7. The Labute approximate surface area is 497 Å². The summed E-state index contributed by atoms with van der Waals surface area (Å²) in [5, 5.41) is 25.9. The Hall–Kier alpha value is -6.36. The van der Waals surface area contributed by atoms with Crippen molar-refractivity contribution in [1.29, 1.82) is 0 Å². The number of hydrogen-bond donors (Lipinski definition) is 2. The molecule has 2 aliphatic heterocycles. The molecule has 0 spiro atoms. The summed E-state index contributed by atoms with van der Waals surface area (Å²) in [5.74, 6) is 0.757. The first-order valence-electron chi connectivity index (χ1n) is 26.8. The summed E-state index contributed by atoms with van der Waals surface area (Å²) >= 11 is 15.1. The molecule has 0 aliphatic carbocycles. The van der Waals surface area contributed by atoms with E-state index in [1.807, 2.05) is 61.1 Å². The third-order valence-electron chi connectivity index (χ3n) is 13.1. The van der Waals surface area contributed by atoms with Gasteiger partial charge in [0.05, 0.1) is 141 Å². The van der Waals surface area contributed by atoms with Crippen LogP contribution in [0.25, 0.3) is 10.0 Å². The average Bonchev–Trinajstić information content (AvgIpc) is 3.43. The highest BCUT2D eigenvalue weighted by Crippen LogP contribution is 2.42. The smallest absolute Gasteiger partial charge is 0.308 e. The van der Waals surface area contributed by atoms with Gasteiger partial charge in [-0.3, -0.25) is 38.3 Å². The molecule has 27 heteroatoms. The zero-order chi connectivity index (χ0) is 58.8. The molecule has 0 radical (unpaired) electrons. The molecule has 4 aromatic heterocycles. The maximum absolute atomic E-state index is 13.6. The fourth-order valence-corrected chi connectivity index (χ4v) is 11.8. The highest BCUT2D eigenvalue weighted by molar-refractivity contribution is 7.17. The molecule has 2 aromatic carbocycles. The van der Waals surface area contributed by atoms with Crippen LogP contribution < -0.4 is 10.6 Å². The number of aryl methyl sites for hydroxylation is 2. The van der Waals surface area contributed by atoms with Gasteiger partial charge in [-0.25, -0.2) is 0 Å². The molecule has 2 aliphatic rings. The number of thiophene rings is 2. The van der Waals surface area contributed by atoms with E-state index in [9.17, 15) is 19.2 Å². The maximum atomic E-state index is 13.6. The van der Waals surface area contributed by atoms with Crippen molar-refractivity contribution < 1.29 is 61.8 Å². The van der Waals surface area contributed by atoms with Crippen LogP contribution >= 0.6 is 45.9 Å². The second-order valence-corrected chi connectivity index (χ2v) is 21.6.